The Hall–Kier alpha value is -2.50. The Morgan fingerprint density at radius 1 is 1.21 bits per heavy atom. The highest BCUT2D eigenvalue weighted by atomic mass is 19.3. The van der Waals surface area contributed by atoms with Crippen LogP contribution in [0.2, 0.25) is 0 Å². The molecule has 6 heteroatoms. The lowest BCUT2D eigenvalue weighted by Gasteiger charge is -2.08. The van der Waals surface area contributed by atoms with Crippen molar-refractivity contribution in [1.29, 1.82) is 0 Å². The maximum Gasteiger partial charge on any atom is 0.387 e. The summed E-state index contributed by atoms with van der Waals surface area (Å²) < 4.78 is 31.0. The van der Waals surface area contributed by atoms with Crippen molar-refractivity contribution >= 4 is 5.65 Å². The normalized spacial score (nSPS) is 11.1. The Labute approximate surface area is 107 Å². The van der Waals surface area contributed by atoms with Gasteiger partial charge in [0.15, 0.2) is 5.65 Å². The Kier molecular flexibility index (Phi) is 2.83. The monoisotopic (exact) mass is 261 g/mol. The first-order valence-corrected chi connectivity index (χ1v) is 5.57. The van der Waals surface area contributed by atoms with Crippen LogP contribution >= 0.6 is 0 Å². The van der Waals surface area contributed by atoms with Gasteiger partial charge >= 0.3 is 6.61 Å². The molecule has 0 aliphatic carbocycles. The summed E-state index contributed by atoms with van der Waals surface area (Å²) in [6.45, 7) is -2.86. The molecule has 0 N–H and O–H groups in total. The molecule has 0 fully saturated rings. The van der Waals surface area contributed by atoms with Crippen LogP contribution in [-0.4, -0.2) is 21.0 Å². The minimum atomic E-state index is -2.86. The predicted molar refractivity (Wildman–Crippen MR) is 65.1 cm³/mol. The van der Waals surface area contributed by atoms with E-state index in [9.17, 15) is 8.78 Å². The Bertz CT molecular complexity index is 679. The number of halogens is 2. The molecule has 0 aliphatic rings. The van der Waals surface area contributed by atoms with Gasteiger partial charge in [0.1, 0.15) is 5.75 Å². The first-order valence-electron chi connectivity index (χ1n) is 5.57. The van der Waals surface area contributed by atoms with Crippen molar-refractivity contribution in [1.82, 2.24) is 14.4 Å². The molecule has 4 nitrogen and oxygen atoms in total. The molecule has 0 saturated carbocycles. The maximum absolute atomic E-state index is 12.4. The van der Waals surface area contributed by atoms with E-state index in [1.165, 1.54) is 6.07 Å². The molecule has 0 saturated heterocycles. The fourth-order valence-corrected chi connectivity index (χ4v) is 1.85. The lowest BCUT2D eigenvalue weighted by atomic mass is 10.1. The lowest BCUT2D eigenvalue weighted by molar-refractivity contribution is -0.0494. The zero-order valence-corrected chi connectivity index (χ0v) is 9.70. The smallest absolute Gasteiger partial charge is 0.387 e. The molecule has 0 aliphatic heterocycles. The van der Waals surface area contributed by atoms with Gasteiger partial charge in [-0.25, -0.2) is 4.98 Å². The summed E-state index contributed by atoms with van der Waals surface area (Å²) in [5.74, 6) is 0.105. The minimum absolute atomic E-state index is 0.105. The predicted octanol–water partition coefficient (Wildman–Crippen LogP) is 3.00. The first kappa shape index (κ1) is 11.6. The van der Waals surface area contributed by atoms with Crippen LogP contribution in [0.25, 0.3) is 16.9 Å². The first-order chi connectivity index (χ1) is 9.24. The number of para-hydroxylation sites is 1. The molecule has 2 heterocycles. The summed E-state index contributed by atoms with van der Waals surface area (Å²) in [6.07, 6.45) is 6.70. The molecule has 0 unspecified atom stereocenters. The van der Waals surface area contributed by atoms with E-state index in [4.69, 9.17) is 0 Å². The van der Waals surface area contributed by atoms with Gasteiger partial charge in [0.2, 0.25) is 0 Å². The van der Waals surface area contributed by atoms with Crippen LogP contribution in [0, 0.1) is 0 Å². The Morgan fingerprint density at radius 3 is 2.84 bits per heavy atom. The van der Waals surface area contributed by atoms with Crippen LogP contribution in [0.4, 0.5) is 8.78 Å². The van der Waals surface area contributed by atoms with Gasteiger partial charge in [-0.05, 0) is 12.1 Å². The van der Waals surface area contributed by atoms with Crippen molar-refractivity contribution in [3.63, 3.8) is 0 Å². The molecule has 96 valence electrons. The van der Waals surface area contributed by atoms with Crippen molar-refractivity contribution in [3.05, 3.63) is 49.1 Å². The number of aromatic nitrogens is 3. The van der Waals surface area contributed by atoms with Gasteiger partial charge in [-0.15, -0.1) is 0 Å². The molecule has 0 spiro atoms. The summed E-state index contributed by atoms with van der Waals surface area (Å²) in [5.41, 5.74) is 1.72. The number of alkyl halides is 2. The molecule has 1 aromatic carbocycles. The SMILES string of the molecule is FC(F)Oc1ccccc1-c1cn2ccncc2n1. The lowest BCUT2D eigenvalue weighted by Crippen LogP contribution is -2.03. The van der Waals surface area contributed by atoms with Crippen molar-refractivity contribution in [2.45, 2.75) is 6.61 Å². The average molecular weight is 261 g/mol. The largest absolute Gasteiger partial charge is 0.434 e. The maximum atomic E-state index is 12.4. The van der Waals surface area contributed by atoms with E-state index in [1.807, 2.05) is 0 Å². The van der Waals surface area contributed by atoms with Crippen LogP contribution in [0.3, 0.4) is 0 Å². The van der Waals surface area contributed by atoms with E-state index >= 15 is 0 Å². The standard InChI is InChI=1S/C13H9F2N3O/c14-13(15)19-11-4-2-1-3-9(11)10-8-18-6-5-16-7-12(18)17-10/h1-8,13H. The van der Waals surface area contributed by atoms with E-state index in [1.54, 1.807) is 47.4 Å². The average Bonchev–Trinajstić information content (AvgIpc) is 2.82. The minimum Gasteiger partial charge on any atom is -0.434 e. The van der Waals surface area contributed by atoms with Gasteiger partial charge in [-0.1, -0.05) is 12.1 Å². The molecular formula is C13H9F2N3O. The van der Waals surface area contributed by atoms with Crippen LogP contribution in [0.15, 0.2) is 49.1 Å². The molecule has 2 aromatic heterocycles. The molecular weight excluding hydrogens is 252 g/mol. The number of benzene rings is 1. The number of hydrogen-bond donors (Lipinski definition) is 0. The molecule has 3 rings (SSSR count). The van der Waals surface area contributed by atoms with Crippen LogP contribution < -0.4 is 4.74 Å². The molecule has 0 radical (unpaired) electrons. The van der Waals surface area contributed by atoms with Gasteiger partial charge in [0.05, 0.1) is 11.9 Å². The third kappa shape index (κ3) is 2.24. The van der Waals surface area contributed by atoms with Crippen molar-refractivity contribution in [2.24, 2.45) is 0 Å². The molecule has 3 aromatic rings. The zero-order valence-electron chi connectivity index (χ0n) is 9.70. The fourth-order valence-electron chi connectivity index (χ4n) is 1.85. The van der Waals surface area contributed by atoms with E-state index in [0.717, 1.165) is 0 Å². The van der Waals surface area contributed by atoms with E-state index in [0.29, 0.717) is 16.9 Å². The highest BCUT2D eigenvalue weighted by molar-refractivity contribution is 5.68. The second-order valence-corrected chi connectivity index (χ2v) is 3.84. The Balaban J connectivity index is 2.10. The second-order valence-electron chi connectivity index (χ2n) is 3.84. The van der Waals surface area contributed by atoms with Gasteiger partial charge in [-0.3, -0.25) is 4.98 Å². The highest BCUT2D eigenvalue weighted by Gasteiger charge is 2.13. The summed E-state index contributed by atoms with van der Waals surface area (Å²) in [5, 5.41) is 0. The van der Waals surface area contributed by atoms with Crippen molar-refractivity contribution in [2.75, 3.05) is 0 Å². The Morgan fingerprint density at radius 2 is 2.05 bits per heavy atom. The third-order valence-electron chi connectivity index (χ3n) is 2.64. The molecule has 0 amide bonds. The van der Waals surface area contributed by atoms with Crippen LogP contribution in [-0.2, 0) is 0 Å². The van der Waals surface area contributed by atoms with Gasteiger partial charge in [-0.2, -0.15) is 8.78 Å². The summed E-state index contributed by atoms with van der Waals surface area (Å²) in [4.78, 5) is 8.28. The number of nitrogens with zero attached hydrogens (tertiary/aromatic N) is 3. The highest BCUT2D eigenvalue weighted by Crippen LogP contribution is 2.30. The topological polar surface area (TPSA) is 39.4 Å². The van der Waals surface area contributed by atoms with Crippen molar-refractivity contribution < 1.29 is 13.5 Å². The number of imidazole rings is 1. The quantitative estimate of drug-likeness (QED) is 0.727. The second kappa shape index (κ2) is 4.64. The summed E-state index contributed by atoms with van der Waals surface area (Å²) >= 11 is 0. The van der Waals surface area contributed by atoms with Crippen molar-refractivity contribution in [3.8, 4) is 17.0 Å². The third-order valence-corrected chi connectivity index (χ3v) is 2.64. The fraction of sp³-hybridized carbons (Fsp3) is 0.0769. The number of rotatable bonds is 3. The van der Waals surface area contributed by atoms with Crippen LogP contribution in [0.5, 0.6) is 5.75 Å². The van der Waals surface area contributed by atoms with E-state index < -0.39 is 6.61 Å². The van der Waals surface area contributed by atoms with E-state index in [2.05, 4.69) is 14.7 Å². The zero-order chi connectivity index (χ0) is 13.2. The molecule has 0 atom stereocenters. The van der Waals surface area contributed by atoms with Gasteiger partial charge < -0.3 is 9.14 Å². The summed E-state index contributed by atoms with van der Waals surface area (Å²) in [6, 6.07) is 6.56. The summed E-state index contributed by atoms with van der Waals surface area (Å²) in [7, 11) is 0. The van der Waals surface area contributed by atoms with Gasteiger partial charge in [0.25, 0.3) is 0 Å². The number of hydrogen-bond acceptors (Lipinski definition) is 3. The number of fused-ring (bicyclic) bond motifs is 1. The number of ether oxygens (including phenoxy) is 1. The van der Waals surface area contributed by atoms with E-state index in [-0.39, 0.29) is 5.75 Å². The van der Waals surface area contributed by atoms with Crippen LogP contribution in [0.1, 0.15) is 0 Å². The van der Waals surface area contributed by atoms with Gasteiger partial charge in [0, 0.05) is 24.2 Å². The molecule has 0 bridgehead atoms. The molecule has 19 heavy (non-hydrogen) atoms.